The molecule has 0 bridgehead atoms. The van der Waals surface area contributed by atoms with Crippen LogP contribution in [0.5, 0.6) is 0 Å². The summed E-state index contributed by atoms with van der Waals surface area (Å²) in [4.78, 5) is 11.8. The lowest BCUT2D eigenvalue weighted by Crippen LogP contribution is -2.24. The van der Waals surface area contributed by atoms with Crippen molar-refractivity contribution in [3.05, 3.63) is 34.2 Å². The first kappa shape index (κ1) is 14.7. The maximum Gasteiger partial charge on any atom is 0.287 e. The quantitative estimate of drug-likeness (QED) is 0.471. The maximum absolute atomic E-state index is 11.8. The third-order valence-corrected chi connectivity index (χ3v) is 3.26. The number of hydrogen-bond acceptors (Lipinski definition) is 4. The van der Waals surface area contributed by atoms with E-state index in [2.05, 4.69) is 22.9 Å². The Balaban J connectivity index is 2.62. The van der Waals surface area contributed by atoms with Gasteiger partial charge < -0.3 is 5.32 Å². The molecule has 0 atom stereocenters. The molecule has 1 aromatic heterocycles. The van der Waals surface area contributed by atoms with Gasteiger partial charge in [-0.05, 0) is 0 Å². The zero-order chi connectivity index (χ0) is 13.4. The van der Waals surface area contributed by atoms with Crippen molar-refractivity contribution in [3.63, 3.8) is 0 Å². The van der Waals surface area contributed by atoms with E-state index in [4.69, 9.17) is 18.0 Å². The molecule has 6 heteroatoms. The van der Waals surface area contributed by atoms with E-state index in [0.29, 0.717) is 24.5 Å². The van der Waals surface area contributed by atoms with E-state index in [1.165, 1.54) is 4.68 Å². The van der Waals surface area contributed by atoms with Crippen LogP contribution in [0.15, 0.2) is 23.6 Å². The van der Waals surface area contributed by atoms with E-state index in [1.54, 1.807) is 24.0 Å². The van der Waals surface area contributed by atoms with E-state index in [-0.39, 0.29) is 10.6 Å². The Morgan fingerprint density at radius 1 is 1.72 bits per heavy atom. The minimum absolute atomic E-state index is 0.147. The number of rotatable bonds is 7. The van der Waals surface area contributed by atoms with Gasteiger partial charge in [0.1, 0.15) is 5.02 Å². The highest BCUT2D eigenvalue weighted by Gasteiger charge is 2.07. The van der Waals surface area contributed by atoms with Gasteiger partial charge in [0.2, 0.25) is 0 Å². The lowest BCUT2D eigenvalue weighted by atomic mass is 10.4. The molecule has 0 unspecified atom stereocenters. The molecule has 0 aliphatic heterocycles. The number of halogens is 1. The molecular weight excluding hydrogens is 270 g/mol. The first-order chi connectivity index (χ1) is 8.70. The maximum atomic E-state index is 11.8. The average molecular weight is 284 g/mol. The second-order valence-corrected chi connectivity index (χ2v) is 4.81. The molecule has 1 N–H and O–H groups in total. The van der Waals surface area contributed by atoms with Gasteiger partial charge in [0.05, 0.1) is 24.2 Å². The van der Waals surface area contributed by atoms with E-state index >= 15 is 0 Å². The molecule has 0 aliphatic carbocycles. The first-order valence-corrected chi connectivity index (χ1v) is 6.85. The number of thioether (sulfide) groups is 1. The fourth-order valence-corrected chi connectivity index (χ4v) is 1.95. The molecule has 1 heterocycles. The molecule has 0 radical (unpaired) electrons. The van der Waals surface area contributed by atoms with Gasteiger partial charge in [-0.3, -0.25) is 4.79 Å². The van der Waals surface area contributed by atoms with Gasteiger partial charge in [0.15, 0.2) is 0 Å². The molecule has 0 amide bonds. The number of terminal acetylenes is 1. The molecule has 0 saturated carbocycles. The molecule has 0 fully saturated rings. The second-order valence-electron chi connectivity index (χ2n) is 3.33. The van der Waals surface area contributed by atoms with Crippen molar-refractivity contribution >= 4 is 29.1 Å². The highest BCUT2D eigenvalue weighted by Crippen LogP contribution is 2.15. The van der Waals surface area contributed by atoms with Crippen LogP contribution in [0.1, 0.15) is 0 Å². The summed E-state index contributed by atoms with van der Waals surface area (Å²) in [6.45, 7) is 4.57. The predicted octanol–water partition coefficient (Wildman–Crippen LogP) is 1.86. The largest absolute Gasteiger partial charge is 0.382 e. The summed E-state index contributed by atoms with van der Waals surface area (Å²) in [5.74, 6) is 4.06. The van der Waals surface area contributed by atoms with Crippen LogP contribution in [0.3, 0.4) is 0 Å². The monoisotopic (exact) mass is 283 g/mol. The van der Waals surface area contributed by atoms with Crippen molar-refractivity contribution in [3.8, 4) is 12.3 Å². The van der Waals surface area contributed by atoms with Crippen LogP contribution in [-0.4, -0.2) is 27.8 Å². The van der Waals surface area contributed by atoms with Gasteiger partial charge in [-0.2, -0.15) is 5.10 Å². The summed E-state index contributed by atoms with van der Waals surface area (Å²) < 4.78 is 1.26. The third kappa shape index (κ3) is 4.13. The van der Waals surface area contributed by atoms with Crippen LogP contribution < -0.4 is 10.9 Å². The Bertz CT molecular complexity index is 507. The Kier molecular flexibility index (Phi) is 6.40. The van der Waals surface area contributed by atoms with Crippen LogP contribution in [0.2, 0.25) is 5.02 Å². The fourth-order valence-electron chi connectivity index (χ4n) is 1.23. The molecule has 0 aliphatic rings. The lowest BCUT2D eigenvalue weighted by Gasteiger charge is -2.08. The first-order valence-electron chi connectivity index (χ1n) is 5.32. The summed E-state index contributed by atoms with van der Waals surface area (Å²) >= 11 is 7.60. The molecule has 1 rings (SSSR count). The van der Waals surface area contributed by atoms with Crippen LogP contribution in [0.25, 0.3) is 0 Å². The second kappa shape index (κ2) is 7.85. The highest BCUT2D eigenvalue weighted by molar-refractivity contribution is 7.99. The van der Waals surface area contributed by atoms with Crippen molar-refractivity contribution in [1.29, 1.82) is 0 Å². The zero-order valence-corrected chi connectivity index (χ0v) is 11.4. The number of nitrogens with one attached hydrogen (secondary N) is 1. The van der Waals surface area contributed by atoms with Crippen LogP contribution in [0.4, 0.5) is 5.69 Å². The summed E-state index contributed by atoms with van der Waals surface area (Å²) in [6, 6.07) is 0. The fraction of sp³-hybridized carbons (Fsp3) is 0.333. The molecule has 0 spiro atoms. The predicted molar refractivity (Wildman–Crippen MR) is 78.4 cm³/mol. The average Bonchev–Trinajstić information content (AvgIpc) is 2.37. The number of allylic oxidation sites excluding steroid dienone is 1. The highest BCUT2D eigenvalue weighted by atomic mass is 35.5. The standard InChI is InChI=1S/C12H14ClN3OS/c1-3-6-16-12(17)11(13)10(9-15-16)14-5-8-18-7-4-2/h2-3,9,14H,1,5-8H2. The van der Waals surface area contributed by atoms with Crippen LogP contribution in [0, 0.1) is 12.3 Å². The topological polar surface area (TPSA) is 46.9 Å². The smallest absolute Gasteiger partial charge is 0.287 e. The van der Waals surface area contributed by atoms with Gasteiger partial charge in [0, 0.05) is 12.3 Å². The number of anilines is 1. The van der Waals surface area contributed by atoms with E-state index in [1.807, 2.05) is 0 Å². The lowest BCUT2D eigenvalue weighted by molar-refractivity contribution is 0.653. The number of hydrogen-bond donors (Lipinski definition) is 1. The van der Waals surface area contributed by atoms with Crippen molar-refractivity contribution in [2.75, 3.05) is 23.4 Å². The molecule has 18 heavy (non-hydrogen) atoms. The summed E-state index contributed by atoms with van der Waals surface area (Å²) in [5, 5.41) is 7.20. The van der Waals surface area contributed by atoms with Crippen molar-refractivity contribution < 1.29 is 0 Å². The molecule has 96 valence electrons. The molecule has 0 aromatic carbocycles. The van der Waals surface area contributed by atoms with E-state index < -0.39 is 0 Å². The normalized spacial score (nSPS) is 9.78. The van der Waals surface area contributed by atoms with Crippen molar-refractivity contribution in [2.45, 2.75) is 6.54 Å². The Morgan fingerprint density at radius 2 is 2.50 bits per heavy atom. The molecule has 1 aromatic rings. The summed E-state index contributed by atoms with van der Waals surface area (Å²) in [5.41, 5.74) is 0.223. The van der Waals surface area contributed by atoms with Gasteiger partial charge in [0.25, 0.3) is 5.56 Å². The third-order valence-electron chi connectivity index (χ3n) is 2.03. The molecule has 4 nitrogen and oxygen atoms in total. The van der Waals surface area contributed by atoms with Gasteiger partial charge in [-0.15, -0.1) is 24.8 Å². The number of nitrogens with zero attached hydrogens (tertiary/aromatic N) is 2. The van der Waals surface area contributed by atoms with E-state index in [0.717, 1.165) is 5.75 Å². The zero-order valence-electron chi connectivity index (χ0n) is 9.86. The molecular formula is C12H14ClN3OS. The Morgan fingerprint density at radius 3 is 3.17 bits per heavy atom. The van der Waals surface area contributed by atoms with Crippen LogP contribution in [-0.2, 0) is 6.54 Å². The summed E-state index contributed by atoms with van der Waals surface area (Å²) in [6.07, 6.45) is 8.27. The van der Waals surface area contributed by atoms with Gasteiger partial charge in [-0.1, -0.05) is 23.6 Å². The number of aromatic nitrogens is 2. The van der Waals surface area contributed by atoms with Gasteiger partial charge >= 0.3 is 0 Å². The minimum Gasteiger partial charge on any atom is -0.382 e. The van der Waals surface area contributed by atoms with E-state index in [9.17, 15) is 4.79 Å². The van der Waals surface area contributed by atoms with Crippen molar-refractivity contribution in [2.24, 2.45) is 0 Å². The summed E-state index contributed by atoms with van der Waals surface area (Å²) in [7, 11) is 0. The Labute approximate surface area is 115 Å². The Hall–Kier alpha value is -1.38. The molecule has 0 saturated heterocycles. The SMILES string of the molecule is C#CCSCCNc1cnn(CC=C)c(=O)c1Cl. The van der Waals surface area contributed by atoms with Crippen molar-refractivity contribution in [1.82, 2.24) is 9.78 Å². The minimum atomic E-state index is -0.321. The van der Waals surface area contributed by atoms with Gasteiger partial charge in [-0.25, -0.2) is 4.68 Å². The van der Waals surface area contributed by atoms with Crippen LogP contribution >= 0.6 is 23.4 Å².